The minimum atomic E-state index is -0.719. The van der Waals surface area contributed by atoms with E-state index in [1.165, 1.54) is 11.3 Å². The number of carboxylic acids is 1. The predicted molar refractivity (Wildman–Crippen MR) is 133 cm³/mol. The second-order valence-electron chi connectivity index (χ2n) is 8.54. The fourth-order valence-corrected chi connectivity index (χ4v) is 5.17. The SMILES string of the molecule is O=C(CCCNC(=O)c1ccc(Cl)s1)c1ccc2cc(OC3CCC(C(=O)O)CC3)ccc2c1. The highest BCUT2D eigenvalue weighted by Gasteiger charge is 2.26. The highest BCUT2D eigenvalue weighted by atomic mass is 35.5. The molecule has 1 aliphatic carbocycles. The lowest BCUT2D eigenvalue weighted by atomic mass is 9.87. The molecule has 2 N–H and O–H groups in total. The highest BCUT2D eigenvalue weighted by molar-refractivity contribution is 7.18. The largest absolute Gasteiger partial charge is 0.490 e. The van der Waals surface area contributed by atoms with E-state index >= 15 is 0 Å². The molecule has 1 saturated carbocycles. The molecule has 1 amide bonds. The first-order valence-electron chi connectivity index (χ1n) is 11.4. The van der Waals surface area contributed by atoms with Crippen molar-refractivity contribution in [1.29, 1.82) is 0 Å². The van der Waals surface area contributed by atoms with E-state index in [0.717, 1.165) is 29.4 Å². The van der Waals surface area contributed by atoms with Gasteiger partial charge in [0.15, 0.2) is 5.78 Å². The number of rotatable bonds is 9. The molecule has 8 heteroatoms. The van der Waals surface area contributed by atoms with Gasteiger partial charge in [0.05, 0.1) is 21.2 Å². The van der Waals surface area contributed by atoms with E-state index in [2.05, 4.69) is 5.32 Å². The van der Waals surface area contributed by atoms with Crippen LogP contribution >= 0.6 is 22.9 Å². The monoisotopic (exact) mass is 499 g/mol. The van der Waals surface area contributed by atoms with Crippen LogP contribution in [0.15, 0.2) is 48.5 Å². The summed E-state index contributed by atoms with van der Waals surface area (Å²) in [6.07, 6.45) is 3.70. The van der Waals surface area contributed by atoms with Crippen LogP contribution in [-0.4, -0.2) is 35.4 Å². The average Bonchev–Trinajstić information content (AvgIpc) is 3.28. The van der Waals surface area contributed by atoms with Crippen molar-refractivity contribution in [2.75, 3.05) is 6.54 Å². The van der Waals surface area contributed by atoms with Gasteiger partial charge >= 0.3 is 5.97 Å². The number of nitrogens with one attached hydrogen (secondary N) is 1. The summed E-state index contributed by atoms with van der Waals surface area (Å²) in [5.41, 5.74) is 0.643. The molecule has 1 aliphatic rings. The number of benzene rings is 2. The summed E-state index contributed by atoms with van der Waals surface area (Å²) in [6.45, 7) is 0.419. The zero-order chi connectivity index (χ0) is 24.1. The van der Waals surface area contributed by atoms with Crippen LogP contribution < -0.4 is 10.1 Å². The zero-order valence-electron chi connectivity index (χ0n) is 18.6. The van der Waals surface area contributed by atoms with Crippen molar-refractivity contribution in [3.05, 3.63) is 63.3 Å². The zero-order valence-corrected chi connectivity index (χ0v) is 20.2. The van der Waals surface area contributed by atoms with Gasteiger partial charge in [0.25, 0.3) is 5.91 Å². The van der Waals surface area contributed by atoms with Crippen molar-refractivity contribution in [3.63, 3.8) is 0 Å². The van der Waals surface area contributed by atoms with E-state index in [4.69, 9.17) is 21.4 Å². The lowest BCUT2D eigenvalue weighted by Crippen LogP contribution is -2.27. The number of ether oxygens (including phenoxy) is 1. The second kappa shape index (κ2) is 11.0. The maximum absolute atomic E-state index is 12.6. The smallest absolute Gasteiger partial charge is 0.306 e. The summed E-state index contributed by atoms with van der Waals surface area (Å²) in [4.78, 5) is 36.3. The van der Waals surface area contributed by atoms with Gasteiger partial charge in [-0.15, -0.1) is 11.3 Å². The Balaban J connectivity index is 1.28. The van der Waals surface area contributed by atoms with Gasteiger partial charge in [-0.1, -0.05) is 29.8 Å². The van der Waals surface area contributed by atoms with E-state index in [1.807, 2.05) is 36.4 Å². The number of aliphatic carboxylic acids is 1. The molecule has 2 aromatic carbocycles. The molecule has 0 aliphatic heterocycles. The van der Waals surface area contributed by atoms with Gasteiger partial charge in [-0.3, -0.25) is 14.4 Å². The first-order chi connectivity index (χ1) is 16.4. The van der Waals surface area contributed by atoms with Gasteiger partial charge in [-0.05, 0) is 73.2 Å². The lowest BCUT2D eigenvalue weighted by molar-refractivity contribution is -0.143. The molecular weight excluding hydrogens is 474 g/mol. The predicted octanol–water partition coefficient (Wildman–Crippen LogP) is 5.97. The first kappa shape index (κ1) is 24.2. The summed E-state index contributed by atoms with van der Waals surface area (Å²) >= 11 is 7.08. The van der Waals surface area contributed by atoms with Crippen LogP contribution in [0.4, 0.5) is 0 Å². The number of hydrogen-bond acceptors (Lipinski definition) is 5. The number of carboxylic acid groups (broad SMARTS) is 1. The molecule has 0 spiro atoms. The standard InChI is InChI=1S/C26H26ClNO5S/c27-24-12-11-23(34-24)25(30)28-13-1-2-22(29)19-4-3-18-15-21(10-7-17(18)14-19)33-20-8-5-16(6-9-20)26(31)32/h3-4,7,10-12,14-16,20H,1-2,5-6,8-9,13H2,(H,28,30)(H,31,32). The normalized spacial score (nSPS) is 17.9. The third-order valence-electron chi connectivity index (χ3n) is 6.12. The van der Waals surface area contributed by atoms with Gasteiger partial charge in [0.2, 0.25) is 0 Å². The quantitative estimate of drug-likeness (QED) is 0.279. The van der Waals surface area contributed by atoms with Gasteiger partial charge < -0.3 is 15.2 Å². The van der Waals surface area contributed by atoms with Crippen molar-refractivity contribution in [3.8, 4) is 5.75 Å². The van der Waals surface area contributed by atoms with Crippen LogP contribution in [0, 0.1) is 5.92 Å². The number of Topliss-reactive ketones (excluding diaryl/α,β-unsaturated/α-hetero) is 1. The van der Waals surface area contributed by atoms with E-state index in [1.54, 1.807) is 12.1 Å². The molecule has 1 heterocycles. The topological polar surface area (TPSA) is 92.7 Å². The molecule has 0 bridgehead atoms. The Morgan fingerprint density at radius 2 is 1.74 bits per heavy atom. The molecule has 1 aromatic heterocycles. The highest BCUT2D eigenvalue weighted by Crippen LogP contribution is 2.30. The summed E-state index contributed by atoms with van der Waals surface area (Å²) in [7, 11) is 0. The Morgan fingerprint density at radius 1 is 1.00 bits per heavy atom. The minimum absolute atomic E-state index is 0.0332. The van der Waals surface area contributed by atoms with Gasteiger partial charge in [0.1, 0.15) is 5.75 Å². The fourth-order valence-electron chi connectivity index (χ4n) is 4.21. The number of amides is 1. The van der Waals surface area contributed by atoms with E-state index in [0.29, 0.717) is 47.0 Å². The summed E-state index contributed by atoms with van der Waals surface area (Å²) in [5.74, 6) is -0.367. The summed E-state index contributed by atoms with van der Waals surface area (Å²) in [5, 5.41) is 13.9. The van der Waals surface area contributed by atoms with Crippen molar-refractivity contribution < 1.29 is 24.2 Å². The van der Waals surface area contributed by atoms with E-state index in [-0.39, 0.29) is 23.7 Å². The molecule has 3 aromatic rings. The molecule has 34 heavy (non-hydrogen) atoms. The van der Waals surface area contributed by atoms with Crippen LogP contribution in [-0.2, 0) is 4.79 Å². The van der Waals surface area contributed by atoms with Crippen LogP contribution in [0.1, 0.15) is 58.6 Å². The Morgan fingerprint density at radius 3 is 2.44 bits per heavy atom. The lowest BCUT2D eigenvalue weighted by Gasteiger charge is -2.26. The fraction of sp³-hybridized carbons (Fsp3) is 0.346. The van der Waals surface area contributed by atoms with Gasteiger partial charge in [-0.2, -0.15) is 0 Å². The third-order valence-corrected chi connectivity index (χ3v) is 7.35. The van der Waals surface area contributed by atoms with Crippen LogP contribution in [0.25, 0.3) is 10.8 Å². The number of carbonyl (C=O) groups excluding carboxylic acids is 2. The minimum Gasteiger partial charge on any atom is -0.490 e. The van der Waals surface area contributed by atoms with Crippen LogP contribution in [0.3, 0.4) is 0 Å². The number of thiophene rings is 1. The van der Waals surface area contributed by atoms with Gasteiger partial charge in [0, 0.05) is 18.5 Å². The summed E-state index contributed by atoms with van der Waals surface area (Å²) in [6, 6.07) is 14.8. The second-order valence-corrected chi connectivity index (χ2v) is 10.3. The molecule has 178 valence electrons. The van der Waals surface area contributed by atoms with Crippen LogP contribution in [0.2, 0.25) is 4.34 Å². The van der Waals surface area contributed by atoms with Crippen molar-refractivity contribution in [2.24, 2.45) is 5.92 Å². The molecule has 6 nitrogen and oxygen atoms in total. The number of hydrogen-bond donors (Lipinski definition) is 2. The maximum Gasteiger partial charge on any atom is 0.306 e. The van der Waals surface area contributed by atoms with Gasteiger partial charge in [-0.25, -0.2) is 0 Å². The molecule has 0 saturated heterocycles. The molecule has 0 unspecified atom stereocenters. The maximum atomic E-state index is 12.6. The van der Waals surface area contributed by atoms with Crippen molar-refractivity contribution in [1.82, 2.24) is 5.32 Å². The van der Waals surface area contributed by atoms with E-state index < -0.39 is 5.97 Å². The Hall–Kier alpha value is -2.90. The number of carbonyl (C=O) groups is 3. The molecule has 4 rings (SSSR count). The molecular formula is C26H26ClNO5S. The number of ketones is 1. The van der Waals surface area contributed by atoms with E-state index in [9.17, 15) is 14.4 Å². The van der Waals surface area contributed by atoms with Crippen molar-refractivity contribution >= 4 is 51.4 Å². The first-order valence-corrected chi connectivity index (χ1v) is 12.6. The number of fused-ring (bicyclic) bond motifs is 1. The summed E-state index contributed by atoms with van der Waals surface area (Å²) < 4.78 is 6.65. The average molecular weight is 500 g/mol. The number of halogens is 1. The Bertz CT molecular complexity index is 1200. The Kier molecular flexibility index (Phi) is 7.85. The molecule has 1 fully saturated rings. The Labute approximate surface area is 206 Å². The molecule has 0 radical (unpaired) electrons. The molecule has 0 atom stereocenters. The third kappa shape index (κ3) is 6.15. The van der Waals surface area contributed by atoms with Crippen LogP contribution in [0.5, 0.6) is 5.75 Å². The van der Waals surface area contributed by atoms with Crippen molar-refractivity contribution in [2.45, 2.75) is 44.6 Å².